The summed E-state index contributed by atoms with van der Waals surface area (Å²) >= 11 is 0. The van der Waals surface area contributed by atoms with Crippen molar-refractivity contribution in [3.05, 3.63) is 66.0 Å². The lowest BCUT2D eigenvalue weighted by Gasteiger charge is -2.28. The summed E-state index contributed by atoms with van der Waals surface area (Å²) in [6.07, 6.45) is 1.57. The van der Waals surface area contributed by atoms with Crippen LogP contribution in [0.1, 0.15) is 23.7 Å². The smallest absolute Gasteiger partial charge is 0.224 e. The van der Waals surface area contributed by atoms with E-state index in [1.807, 2.05) is 42.5 Å². The first kappa shape index (κ1) is 15.6. The molecule has 1 saturated heterocycles. The van der Waals surface area contributed by atoms with Gasteiger partial charge in [-0.2, -0.15) is 0 Å². The Hall–Kier alpha value is -2.25. The number of amides is 1. The summed E-state index contributed by atoms with van der Waals surface area (Å²) in [5, 5.41) is 4.35. The molecule has 0 spiro atoms. The van der Waals surface area contributed by atoms with Gasteiger partial charge in [0, 0.05) is 19.2 Å². The van der Waals surface area contributed by atoms with Gasteiger partial charge in [0.15, 0.2) is 0 Å². The Morgan fingerprint density at radius 1 is 1.13 bits per heavy atom. The normalized spacial score (nSPS) is 19.8. The van der Waals surface area contributed by atoms with Crippen molar-refractivity contribution in [2.75, 3.05) is 6.54 Å². The van der Waals surface area contributed by atoms with Crippen molar-refractivity contribution in [1.29, 1.82) is 0 Å². The van der Waals surface area contributed by atoms with Gasteiger partial charge in [-0.15, -0.1) is 0 Å². The van der Waals surface area contributed by atoms with Crippen molar-refractivity contribution >= 4 is 15.9 Å². The summed E-state index contributed by atoms with van der Waals surface area (Å²) in [6.45, 7) is 0.0772. The summed E-state index contributed by atoms with van der Waals surface area (Å²) in [5.41, 5.74) is 1.58. The SMILES string of the molecule is NS(=O)(=O)C1CC(=O)N(C(c2ccccc2)c2ccccn2)C1. The molecule has 0 aliphatic carbocycles. The Morgan fingerprint density at radius 3 is 2.39 bits per heavy atom. The number of aromatic nitrogens is 1. The summed E-state index contributed by atoms with van der Waals surface area (Å²) in [7, 11) is -3.75. The van der Waals surface area contributed by atoms with Gasteiger partial charge in [-0.3, -0.25) is 9.78 Å². The minimum Gasteiger partial charge on any atom is -0.329 e. The number of nitrogens with zero attached hydrogens (tertiary/aromatic N) is 2. The van der Waals surface area contributed by atoms with Crippen LogP contribution in [-0.4, -0.2) is 36.0 Å². The number of pyridine rings is 1. The first-order valence-corrected chi connectivity index (χ1v) is 8.84. The van der Waals surface area contributed by atoms with Gasteiger partial charge in [0.1, 0.15) is 5.25 Å². The molecular formula is C16H17N3O3S. The van der Waals surface area contributed by atoms with Crippen LogP contribution in [0, 0.1) is 0 Å². The van der Waals surface area contributed by atoms with Crippen molar-refractivity contribution in [2.45, 2.75) is 17.7 Å². The van der Waals surface area contributed by atoms with Gasteiger partial charge in [0.25, 0.3) is 0 Å². The lowest BCUT2D eigenvalue weighted by atomic mass is 10.0. The van der Waals surface area contributed by atoms with Gasteiger partial charge >= 0.3 is 0 Å². The van der Waals surface area contributed by atoms with Gasteiger partial charge < -0.3 is 4.90 Å². The third-order valence-corrected chi connectivity index (χ3v) is 5.23. The Bertz CT molecular complexity index is 754. The van der Waals surface area contributed by atoms with Gasteiger partial charge in [0.2, 0.25) is 15.9 Å². The van der Waals surface area contributed by atoms with E-state index in [-0.39, 0.29) is 18.9 Å². The molecule has 1 aromatic carbocycles. The van der Waals surface area contributed by atoms with Crippen LogP contribution in [0.2, 0.25) is 0 Å². The topological polar surface area (TPSA) is 93.4 Å². The predicted octanol–water partition coefficient (Wildman–Crippen LogP) is 1.06. The molecule has 2 N–H and O–H groups in total. The monoisotopic (exact) mass is 331 g/mol. The summed E-state index contributed by atoms with van der Waals surface area (Å²) in [6, 6.07) is 14.5. The number of carbonyl (C=O) groups excluding carboxylic acids is 1. The molecule has 3 rings (SSSR count). The molecule has 0 radical (unpaired) electrons. The predicted molar refractivity (Wildman–Crippen MR) is 85.7 cm³/mol. The highest BCUT2D eigenvalue weighted by atomic mass is 32.2. The quantitative estimate of drug-likeness (QED) is 0.906. The maximum atomic E-state index is 12.4. The van der Waals surface area contributed by atoms with E-state index in [1.54, 1.807) is 17.2 Å². The van der Waals surface area contributed by atoms with Crippen LogP contribution in [0.4, 0.5) is 0 Å². The number of hydrogen-bond donors (Lipinski definition) is 1. The largest absolute Gasteiger partial charge is 0.329 e. The molecule has 2 heterocycles. The molecule has 2 unspecified atom stereocenters. The first-order chi connectivity index (χ1) is 11.0. The lowest BCUT2D eigenvalue weighted by molar-refractivity contribution is -0.129. The number of hydrogen-bond acceptors (Lipinski definition) is 4. The highest BCUT2D eigenvalue weighted by Crippen LogP contribution is 2.32. The second-order valence-corrected chi connectivity index (χ2v) is 7.37. The number of likely N-dealkylation sites (tertiary alicyclic amines) is 1. The Labute approximate surface area is 135 Å². The van der Waals surface area contributed by atoms with Crippen molar-refractivity contribution in [3.8, 4) is 0 Å². The number of primary sulfonamides is 1. The molecule has 0 saturated carbocycles. The number of rotatable bonds is 4. The van der Waals surface area contributed by atoms with Crippen molar-refractivity contribution < 1.29 is 13.2 Å². The second-order valence-electron chi connectivity index (χ2n) is 5.53. The van der Waals surface area contributed by atoms with E-state index < -0.39 is 21.3 Å². The zero-order valence-corrected chi connectivity index (χ0v) is 13.2. The van der Waals surface area contributed by atoms with E-state index in [2.05, 4.69) is 4.98 Å². The van der Waals surface area contributed by atoms with Crippen molar-refractivity contribution in [2.24, 2.45) is 5.14 Å². The molecule has 1 fully saturated rings. The minimum atomic E-state index is -3.75. The van der Waals surface area contributed by atoms with E-state index >= 15 is 0 Å². The van der Waals surface area contributed by atoms with Crippen molar-refractivity contribution in [3.63, 3.8) is 0 Å². The molecule has 120 valence electrons. The zero-order valence-electron chi connectivity index (χ0n) is 12.4. The number of sulfonamides is 1. The first-order valence-electron chi connectivity index (χ1n) is 7.24. The summed E-state index contributed by atoms with van der Waals surface area (Å²) in [4.78, 5) is 18.3. The minimum absolute atomic E-state index is 0.0772. The van der Waals surface area contributed by atoms with E-state index in [4.69, 9.17) is 5.14 Å². The lowest BCUT2D eigenvalue weighted by Crippen LogP contribution is -2.35. The summed E-state index contributed by atoms with van der Waals surface area (Å²) < 4.78 is 23.2. The van der Waals surface area contributed by atoms with Crippen LogP contribution in [0.5, 0.6) is 0 Å². The number of nitrogens with two attached hydrogens (primary N) is 1. The van der Waals surface area contributed by atoms with Crippen LogP contribution >= 0.6 is 0 Å². The number of benzene rings is 1. The molecule has 1 aromatic heterocycles. The van der Waals surface area contributed by atoms with E-state index in [1.165, 1.54) is 0 Å². The van der Waals surface area contributed by atoms with Gasteiger partial charge in [-0.25, -0.2) is 13.6 Å². The fourth-order valence-electron chi connectivity index (χ4n) is 2.85. The summed E-state index contributed by atoms with van der Waals surface area (Å²) in [5.74, 6) is -0.233. The Kier molecular flexibility index (Phi) is 4.14. The van der Waals surface area contributed by atoms with Gasteiger partial charge in [0.05, 0.1) is 11.7 Å². The Balaban J connectivity index is 2.02. The van der Waals surface area contributed by atoms with Crippen LogP contribution in [0.3, 0.4) is 0 Å². The Morgan fingerprint density at radius 2 is 1.83 bits per heavy atom. The van der Waals surface area contributed by atoms with Crippen LogP contribution in [0.15, 0.2) is 54.7 Å². The van der Waals surface area contributed by atoms with Gasteiger partial charge in [-0.05, 0) is 17.7 Å². The molecular weight excluding hydrogens is 314 g/mol. The maximum absolute atomic E-state index is 12.4. The van der Waals surface area contributed by atoms with E-state index in [0.717, 1.165) is 5.56 Å². The number of carbonyl (C=O) groups is 1. The maximum Gasteiger partial charge on any atom is 0.224 e. The fourth-order valence-corrected chi connectivity index (χ4v) is 3.59. The van der Waals surface area contributed by atoms with Crippen LogP contribution < -0.4 is 5.14 Å². The highest BCUT2D eigenvalue weighted by Gasteiger charge is 2.40. The van der Waals surface area contributed by atoms with Crippen LogP contribution in [-0.2, 0) is 14.8 Å². The average Bonchev–Trinajstić information content (AvgIpc) is 2.92. The zero-order chi connectivity index (χ0) is 16.4. The molecule has 2 aromatic rings. The molecule has 1 amide bonds. The second kappa shape index (κ2) is 6.10. The van der Waals surface area contributed by atoms with E-state index in [9.17, 15) is 13.2 Å². The molecule has 1 aliphatic heterocycles. The molecule has 1 aliphatic rings. The van der Waals surface area contributed by atoms with Crippen LogP contribution in [0.25, 0.3) is 0 Å². The van der Waals surface area contributed by atoms with E-state index in [0.29, 0.717) is 5.69 Å². The molecule has 23 heavy (non-hydrogen) atoms. The van der Waals surface area contributed by atoms with Gasteiger partial charge in [-0.1, -0.05) is 36.4 Å². The molecule has 7 heteroatoms. The third-order valence-electron chi connectivity index (χ3n) is 3.98. The fraction of sp³-hybridized carbons (Fsp3) is 0.250. The average molecular weight is 331 g/mol. The molecule has 6 nitrogen and oxygen atoms in total. The standard InChI is InChI=1S/C16H17N3O3S/c17-23(21,22)13-10-15(20)19(11-13)16(12-6-2-1-3-7-12)14-8-4-5-9-18-14/h1-9,13,16H,10-11H2,(H2,17,21,22). The van der Waals surface area contributed by atoms with Crippen molar-refractivity contribution in [1.82, 2.24) is 9.88 Å². The molecule has 0 bridgehead atoms. The third kappa shape index (κ3) is 3.25. The highest BCUT2D eigenvalue weighted by molar-refractivity contribution is 7.89. The molecule has 2 atom stereocenters.